The average molecular weight is 896 g/mol. The Morgan fingerprint density at radius 1 is 0.921 bits per heavy atom. The lowest BCUT2D eigenvalue weighted by atomic mass is 10.0. The zero-order chi connectivity index (χ0) is 46.7. The number of benzene rings is 2. The van der Waals surface area contributed by atoms with Gasteiger partial charge in [0.05, 0.1) is 12.2 Å². The summed E-state index contributed by atoms with van der Waals surface area (Å²) in [4.78, 5) is 97.8. The number of urea groups is 1. The molecule has 0 unspecified atom stereocenters. The number of aliphatic hydroxyl groups is 2. The van der Waals surface area contributed by atoms with Crippen LogP contribution >= 0.6 is 0 Å². The minimum absolute atomic E-state index is 0.0482. The van der Waals surface area contributed by atoms with E-state index in [0.717, 1.165) is 53.1 Å². The summed E-state index contributed by atoms with van der Waals surface area (Å²) in [6.45, 7) is 6.02. The number of aliphatic hydroxyl groups excluding tert-OH is 2. The average Bonchev–Trinajstić information content (AvgIpc) is 3.46. The lowest BCUT2D eigenvalue weighted by Gasteiger charge is -2.36. The molecule has 2 aromatic rings. The fourth-order valence-electron chi connectivity index (χ4n) is 8.22. The third-order valence-electron chi connectivity index (χ3n) is 11.2. The minimum Gasteiger partial charge on any atom is -0.406 e. The van der Waals surface area contributed by atoms with Crippen LogP contribution in [-0.2, 0) is 35.2 Å². The van der Waals surface area contributed by atoms with Gasteiger partial charge in [0.1, 0.15) is 53.1 Å². The first-order chi connectivity index (χ1) is 29.4. The molecule has 1 spiro atoms. The first-order valence-corrected chi connectivity index (χ1v) is 20.2. The van der Waals surface area contributed by atoms with Gasteiger partial charge in [-0.25, -0.2) is 13.6 Å². The number of ketones is 1. The fourth-order valence-corrected chi connectivity index (χ4v) is 8.22. The molecule has 2 aliphatic heterocycles. The van der Waals surface area contributed by atoms with Crippen molar-refractivity contribution in [3.05, 3.63) is 59.7 Å². The summed E-state index contributed by atoms with van der Waals surface area (Å²) >= 11 is 0. The van der Waals surface area contributed by atoms with Crippen molar-refractivity contribution in [2.24, 2.45) is 5.92 Å². The third-order valence-corrected chi connectivity index (χ3v) is 11.2. The Labute approximate surface area is 358 Å². The van der Waals surface area contributed by atoms with E-state index in [1.165, 1.54) is 25.8 Å². The second-order valence-corrected chi connectivity index (χ2v) is 16.4. The number of carbonyl (C=O) groups excluding carboxylic acids is 7. The van der Waals surface area contributed by atoms with Crippen LogP contribution in [0, 0.1) is 17.6 Å². The monoisotopic (exact) mass is 895 g/mol. The van der Waals surface area contributed by atoms with Crippen LogP contribution in [-0.4, -0.2) is 141 Å². The predicted octanol–water partition coefficient (Wildman–Crippen LogP) is 1.75. The highest BCUT2D eigenvalue weighted by atomic mass is 19.4. The fraction of sp³-hybridized carbons (Fsp3) is 0.537. The van der Waals surface area contributed by atoms with E-state index in [1.807, 2.05) is 6.92 Å². The molecule has 0 aromatic heterocycles. The van der Waals surface area contributed by atoms with Gasteiger partial charge in [-0.1, -0.05) is 6.92 Å². The molecule has 17 nitrogen and oxygen atoms in total. The van der Waals surface area contributed by atoms with E-state index >= 15 is 0 Å². The minimum atomic E-state index is -4.98. The topological polar surface area (TPSA) is 227 Å². The number of likely N-dealkylation sites (N-methyl/N-ethyl adjacent to an activating group) is 1. The third kappa shape index (κ3) is 11.6. The first kappa shape index (κ1) is 48.1. The van der Waals surface area contributed by atoms with Gasteiger partial charge < -0.3 is 50.9 Å². The number of nitrogens with one attached hydrogen (secondary N) is 4. The maximum absolute atomic E-state index is 14.2. The molecule has 7 amide bonds. The van der Waals surface area contributed by atoms with Crippen LogP contribution in [0.1, 0.15) is 58.9 Å². The molecule has 0 radical (unpaired) electrons. The van der Waals surface area contributed by atoms with Gasteiger partial charge >= 0.3 is 12.4 Å². The lowest BCUT2D eigenvalue weighted by molar-refractivity contribution is -0.274. The summed E-state index contributed by atoms with van der Waals surface area (Å²) in [5.74, 6) is -6.87. The Hall–Kier alpha value is -5.90. The van der Waals surface area contributed by atoms with Crippen LogP contribution in [0.3, 0.4) is 0 Å². The largest absolute Gasteiger partial charge is 0.573 e. The van der Waals surface area contributed by atoms with Crippen molar-refractivity contribution in [2.45, 2.75) is 114 Å². The molecular weight excluding hydrogens is 845 g/mol. The summed E-state index contributed by atoms with van der Waals surface area (Å²) in [6, 6.07) is -2.25. The highest BCUT2D eigenvalue weighted by Crippen LogP contribution is 2.48. The molecule has 2 saturated heterocycles. The number of Topliss-reactive ketones (excluding diaryl/α,β-unsaturated/α-hetero) is 1. The van der Waals surface area contributed by atoms with Crippen molar-refractivity contribution in [3.63, 3.8) is 0 Å². The molecule has 2 aromatic carbocycles. The number of hydrogen-bond donors (Lipinski definition) is 6. The number of alkyl halides is 3. The van der Waals surface area contributed by atoms with Gasteiger partial charge in [-0.3, -0.25) is 28.8 Å². The summed E-state index contributed by atoms with van der Waals surface area (Å²) in [5, 5.41) is 31.0. The first-order valence-electron chi connectivity index (χ1n) is 20.2. The number of halogens is 5. The zero-order valence-electron chi connectivity index (χ0n) is 35.0. The molecule has 0 bridgehead atoms. The van der Waals surface area contributed by atoms with Gasteiger partial charge in [-0.05, 0) is 87.9 Å². The Balaban J connectivity index is 1.28. The molecule has 22 heteroatoms. The van der Waals surface area contributed by atoms with Crippen molar-refractivity contribution < 1.29 is 70.5 Å². The van der Waals surface area contributed by atoms with Crippen LogP contribution < -0.4 is 26.0 Å². The normalized spacial score (nSPS) is 22.3. The lowest BCUT2D eigenvalue weighted by Crippen LogP contribution is -2.62. The second kappa shape index (κ2) is 19.2. The summed E-state index contributed by atoms with van der Waals surface area (Å²) in [5.41, 5.74) is -1.04. The van der Waals surface area contributed by atoms with Crippen LogP contribution in [0.25, 0.3) is 0 Å². The number of ether oxygens (including phenoxy) is 1. The molecule has 1 saturated carbocycles. The molecule has 2 heterocycles. The molecule has 6 N–H and O–H groups in total. The maximum atomic E-state index is 14.2. The van der Waals surface area contributed by atoms with Gasteiger partial charge in [-0.2, -0.15) is 0 Å². The standard InChI is InChI=1S/C41H50F5N7O10/c1-20-17-40(18-31(40)56)53(19-20)36(59)21(2)47-35(58)33(23(4)55)51(5)37(60)30-7-6-12-52(30)38(61)32(22(3)54)50-34(57)29(15-24-13-25(42)16-26(43)14-24)49-39(62)48-27-8-10-28(11-9-27)63-41(44,45)46/h8-11,13-14,16,20-23,29-30,32-33,54-55H,6-7,12,15,17-19H2,1-5H3,(H,47,58)(H,50,57)(H2,48,49,62)/t20-,21+,22+,23-,29+,30+,32+,33+,40+/m1/s1. The summed E-state index contributed by atoms with van der Waals surface area (Å²) < 4.78 is 69.9. The second-order valence-electron chi connectivity index (χ2n) is 16.4. The Bertz CT molecular complexity index is 2070. The number of likely N-dealkylation sites (tertiary alicyclic amines) is 2. The Morgan fingerprint density at radius 3 is 2.10 bits per heavy atom. The molecule has 3 fully saturated rings. The molecule has 344 valence electrons. The Kier molecular flexibility index (Phi) is 14.7. The smallest absolute Gasteiger partial charge is 0.406 e. The zero-order valence-corrected chi connectivity index (χ0v) is 35.0. The van der Waals surface area contributed by atoms with Crippen LogP contribution in [0.2, 0.25) is 0 Å². The van der Waals surface area contributed by atoms with E-state index < -0.39 is 114 Å². The molecule has 1 aliphatic carbocycles. The quantitative estimate of drug-likeness (QED) is 0.142. The molecule has 63 heavy (non-hydrogen) atoms. The highest BCUT2D eigenvalue weighted by Gasteiger charge is 2.63. The van der Waals surface area contributed by atoms with E-state index in [2.05, 4.69) is 26.0 Å². The Morgan fingerprint density at radius 2 is 1.54 bits per heavy atom. The predicted molar refractivity (Wildman–Crippen MR) is 211 cm³/mol. The van der Waals surface area contributed by atoms with Crippen molar-refractivity contribution in [1.29, 1.82) is 0 Å². The SMILES string of the molecule is C[C@H]1CN(C(=O)[C@H](C)NC(=O)[C@H]([C@@H](C)O)N(C)C(=O)[C@@H]2CCCN2C(=O)[C@@H](NC(=O)[C@H](Cc2cc(F)cc(F)c2)NC(=O)Nc2ccc(OC(F)(F)F)cc2)[C@H](C)O)[C@]2(CC2=O)C1. The van der Waals surface area contributed by atoms with Crippen LogP contribution in [0.15, 0.2) is 42.5 Å². The molecule has 5 rings (SSSR count). The molecular formula is C41H50F5N7O10. The van der Waals surface area contributed by atoms with Crippen molar-refractivity contribution >= 4 is 47.0 Å². The van der Waals surface area contributed by atoms with Crippen molar-refractivity contribution in [3.8, 4) is 5.75 Å². The number of carbonyl (C=O) groups is 7. The number of rotatable bonds is 15. The van der Waals surface area contributed by atoms with Crippen LogP contribution in [0.4, 0.5) is 32.4 Å². The van der Waals surface area contributed by atoms with E-state index in [-0.39, 0.29) is 48.8 Å². The number of nitrogens with zero attached hydrogens (tertiary/aromatic N) is 3. The molecule has 9 atom stereocenters. The van der Waals surface area contributed by atoms with E-state index in [9.17, 15) is 65.7 Å². The van der Waals surface area contributed by atoms with Gasteiger partial charge in [0.25, 0.3) is 0 Å². The maximum Gasteiger partial charge on any atom is 0.573 e. The van der Waals surface area contributed by atoms with Crippen molar-refractivity contribution in [1.82, 2.24) is 30.7 Å². The highest BCUT2D eigenvalue weighted by molar-refractivity contribution is 6.09. The number of anilines is 1. The summed E-state index contributed by atoms with van der Waals surface area (Å²) in [6.07, 6.45) is -7.57. The number of amides is 7. The number of hydrogen-bond acceptors (Lipinski definition) is 10. The van der Waals surface area contributed by atoms with Crippen molar-refractivity contribution in [2.75, 3.05) is 25.5 Å². The molecule has 3 aliphatic rings. The summed E-state index contributed by atoms with van der Waals surface area (Å²) in [7, 11) is 1.22. The van der Waals surface area contributed by atoms with Gasteiger partial charge in [0.2, 0.25) is 29.5 Å². The van der Waals surface area contributed by atoms with E-state index in [4.69, 9.17) is 0 Å². The van der Waals surface area contributed by atoms with E-state index in [1.54, 1.807) is 0 Å². The van der Waals surface area contributed by atoms with Gasteiger partial charge in [0, 0.05) is 44.7 Å². The van der Waals surface area contributed by atoms with Gasteiger partial charge in [0.15, 0.2) is 5.78 Å². The van der Waals surface area contributed by atoms with E-state index in [0.29, 0.717) is 19.0 Å². The van der Waals surface area contributed by atoms with Gasteiger partial charge in [-0.15, -0.1) is 13.2 Å². The van der Waals surface area contributed by atoms with Crippen LogP contribution in [0.5, 0.6) is 5.75 Å².